The molecule has 0 unspecified atom stereocenters. The van der Waals surface area contributed by atoms with Gasteiger partial charge in [0.1, 0.15) is 0 Å². The molecule has 2 nitrogen and oxygen atoms in total. The Labute approximate surface area is 81.5 Å². The third-order valence-electron chi connectivity index (χ3n) is 1.46. The van der Waals surface area contributed by atoms with Crippen molar-refractivity contribution in [1.82, 2.24) is 4.98 Å². The van der Waals surface area contributed by atoms with Crippen LogP contribution in [0.15, 0.2) is 23.2 Å². The smallest absolute Gasteiger partial charge is 0.213 e. The third kappa shape index (κ3) is 4.24. The van der Waals surface area contributed by atoms with Gasteiger partial charge >= 0.3 is 0 Å². The van der Waals surface area contributed by atoms with Crippen molar-refractivity contribution in [2.24, 2.45) is 0 Å². The lowest BCUT2D eigenvalue weighted by atomic mass is 10.5. The molecule has 0 spiro atoms. The lowest BCUT2D eigenvalue weighted by molar-refractivity contribution is 0.200. The second-order valence-corrected chi connectivity index (χ2v) is 3.68. The second-order valence-electron chi connectivity index (χ2n) is 2.51. The summed E-state index contributed by atoms with van der Waals surface area (Å²) in [6.07, 6.45) is 2.46. The van der Waals surface area contributed by atoms with E-state index in [4.69, 9.17) is 4.74 Å². The number of ether oxygens (including phenoxy) is 1. The zero-order chi connectivity index (χ0) is 9.52. The van der Waals surface area contributed by atoms with Crippen LogP contribution in [-0.2, 0) is 4.74 Å². The quantitative estimate of drug-likeness (QED) is 0.415. The van der Waals surface area contributed by atoms with Gasteiger partial charge in [-0.3, -0.25) is 0 Å². The van der Waals surface area contributed by atoms with Gasteiger partial charge in [0.25, 0.3) is 0 Å². The molecule has 0 fully saturated rings. The predicted octanol–water partition coefficient (Wildman–Crippen LogP) is 2.35. The SMILES string of the molecule is COCCCSc1ccnc(F)c1. The van der Waals surface area contributed by atoms with Gasteiger partial charge in [0, 0.05) is 36.6 Å². The van der Waals surface area contributed by atoms with Crippen molar-refractivity contribution in [1.29, 1.82) is 0 Å². The summed E-state index contributed by atoms with van der Waals surface area (Å²) in [6, 6.07) is 3.25. The van der Waals surface area contributed by atoms with E-state index < -0.39 is 5.95 Å². The van der Waals surface area contributed by atoms with Crippen molar-refractivity contribution in [3.63, 3.8) is 0 Å². The number of hydrogen-bond acceptors (Lipinski definition) is 3. The Bertz CT molecular complexity index is 257. The van der Waals surface area contributed by atoms with E-state index in [-0.39, 0.29) is 0 Å². The Balaban J connectivity index is 2.28. The molecule has 13 heavy (non-hydrogen) atoms. The van der Waals surface area contributed by atoms with Gasteiger partial charge in [-0.05, 0) is 12.5 Å². The van der Waals surface area contributed by atoms with Crippen LogP contribution in [0.25, 0.3) is 0 Å². The Morgan fingerprint density at radius 1 is 1.62 bits per heavy atom. The van der Waals surface area contributed by atoms with Gasteiger partial charge in [-0.15, -0.1) is 11.8 Å². The second kappa shape index (κ2) is 5.94. The number of hydrogen-bond donors (Lipinski definition) is 0. The van der Waals surface area contributed by atoms with Crippen molar-refractivity contribution < 1.29 is 9.13 Å². The molecule has 0 aliphatic carbocycles. The first-order valence-corrected chi connectivity index (χ1v) is 5.05. The summed E-state index contributed by atoms with van der Waals surface area (Å²) in [7, 11) is 1.68. The topological polar surface area (TPSA) is 22.1 Å². The fourth-order valence-corrected chi connectivity index (χ4v) is 1.70. The molecule has 0 N–H and O–H groups in total. The molecular weight excluding hydrogens is 189 g/mol. The normalized spacial score (nSPS) is 10.3. The maximum absolute atomic E-state index is 12.6. The summed E-state index contributed by atoms with van der Waals surface area (Å²) >= 11 is 1.61. The van der Waals surface area contributed by atoms with Crippen molar-refractivity contribution in [3.8, 4) is 0 Å². The molecule has 1 aromatic rings. The van der Waals surface area contributed by atoms with Crippen LogP contribution in [0.2, 0.25) is 0 Å². The summed E-state index contributed by atoms with van der Waals surface area (Å²) in [5, 5.41) is 0. The maximum Gasteiger partial charge on any atom is 0.213 e. The van der Waals surface area contributed by atoms with E-state index in [9.17, 15) is 4.39 Å². The Morgan fingerprint density at radius 3 is 3.15 bits per heavy atom. The van der Waals surface area contributed by atoms with Gasteiger partial charge in [-0.2, -0.15) is 4.39 Å². The number of methoxy groups -OCH3 is 1. The van der Waals surface area contributed by atoms with E-state index in [1.807, 2.05) is 0 Å². The van der Waals surface area contributed by atoms with Crippen LogP contribution in [0.4, 0.5) is 4.39 Å². The number of pyridine rings is 1. The third-order valence-corrected chi connectivity index (χ3v) is 2.54. The largest absolute Gasteiger partial charge is 0.385 e. The van der Waals surface area contributed by atoms with Crippen LogP contribution < -0.4 is 0 Å². The van der Waals surface area contributed by atoms with Crippen LogP contribution >= 0.6 is 11.8 Å². The summed E-state index contributed by atoms with van der Waals surface area (Å²) in [6.45, 7) is 0.751. The van der Waals surface area contributed by atoms with Crippen molar-refractivity contribution >= 4 is 11.8 Å². The average molecular weight is 201 g/mol. The molecule has 0 atom stereocenters. The molecule has 1 aromatic heterocycles. The van der Waals surface area contributed by atoms with Crippen LogP contribution in [0.1, 0.15) is 6.42 Å². The summed E-state index contributed by atoms with van der Waals surface area (Å²) < 4.78 is 17.5. The maximum atomic E-state index is 12.6. The molecule has 0 aromatic carbocycles. The highest BCUT2D eigenvalue weighted by Crippen LogP contribution is 2.17. The zero-order valence-corrected chi connectivity index (χ0v) is 8.31. The van der Waals surface area contributed by atoms with Gasteiger partial charge < -0.3 is 4.74 Å². The number of halogens is 1. The molecular formula is C9H12FNOS. The molecule has 1 heterocycles. The lowest BCUT2D eigenvalue weighted by Crippen LogP contribution is -1.90. The number of thioether (sulfide) groups is 1. The van der Waals surface area contributed by atoms with E-state index in [1.165, 1.54) is 12.3 Å². The molecule has 4 heteroatoms. The highest BCUT2D eigenvalue weighted by Gasteiger charge is 1.96. The van der Waals surface area contributed by atoms with Gasteiger partial charge in [0.05, 0.1) is 0 Å². The molecule has 1 rings (SSSR count). The minimum Gasteiger partial charge on any atom is -0.385 e. The van der Waals surface area contributed by atoms with E-state index in [2.05, 4.69) is 4.98 Å². The minimum absolute atomic E-state index is 0.420. The minimum atomic E-state index is -0.420. The van der Waals surface area contributed by atoms with E-state index >= 15 is 0 Å². The highest BCUT2D eigenvalue weighted by atomic mass is 32.2. The molecule has 0 saturated carbocycles. The van der Waals surface area contributed by atoms with Gasteiger partial charge in [-0.1, -0.05) is 0 Å². The lowest BCUT2D eigenvalue weighted by Gasteiger charge is -2.00. The Morgan fingerprint density at radius 2 is 2.46 bits per heavy atom. The van der Waals surface area contributed by atoms with Crippen LogP contribution in [-0.4, -0.2) is 24.5 Å². The van der Waals surface area contributed by atoms with E-state index in [1.54, 1.807) is 24.9 Å². The Kier molecular flexibility index (Phi) is 4.78. The first-order valence-electron chi connectivity index (χ1n) is 4.06. The first kappa shape index (κ1) is 10.5. The Hall–Kier alpha value is -0.610. The van der Waals surface area contributed by atoms with Crippen molar-refractivity contribution in [3.05, 3.63) is 24.3 Å². The van der Waals surface area contributed by atoms with Crippen molar-refractivity contribution in [2.75, 3.05) is 19.5 Å². The standard InChI is InChI=1S/C9H12FNOS/c1-12-5-2-6-13-8-3-4-11-9(10)7-8/h3-4,7H,2,5-6H2,1H3. The average Bonchev–Trinajstić information content (AvgIpc) is 2.13. The predicted molar refractivity (Wildman–Crippen MR) is 51.4 cm³/mol. The fourth-order valence-electron chi connectivity index (χ4n) is 0.868. The van der Waals surface area contributed by atoms with Gasteiger partial charge in [-0.25, -0.2) is 4.98 Å². The highest BCUT2D eigenvalue weighted by molar-refractivity contribution is 7.99. The van der Waals surface area contributed by atoms with Crippen LogP contribution in [0.3, 0.4) is 0 Å². The van der Waals surface area contributed by atoms with Crippen LogP contribution in [0, 0.1) is 5.95 Å². The van der Waals surface area contributed by atoms with Gasteiger partial charge in [0.2, 0.25) is 5.95 Å². The molecule has 0 radical (unpaired) electrons. The van der Waals surface area contributed by atoms with Crippen molar-refractivity contribution in [2.45, 2.75) is 11.3 Å². The monoisotopic (exact) mass is 201 g/mol. The van der Waals surface area contributed by atoms with E-state index in [0.29, 0.717) is 0 Å². The molecule has 0 bridgehead atoms. The fraction of sp³-hybridized carbons (Fsp3) is 0.444. The number of aromatic nitrogens is 1. The van der Waals surface area contributed by atoms with Gasteiger partial charge in [0.15, 0.2) is 0 Å². The number of rotatable bonds is 5. The first-order chi connectivity index (χ1) is 6.33. The summed E-state index contributed by atoms with van der Waals surface area (Å²) in [4.78, 5) is 4.40. The van der Waals surface area contributed by atoms with Crippen LogP contribution in [0.5, 0.6) is 0 Å². The summed E-state index contributed by atoms with van der Waals surface area (Å²) in [5.74, 6) is 0.522. The van der Waals surface area contributed by atoms with E-state index in [0.717, 1.165) is 23.7 Å². The molecule has 0 aliphatic heterocycles. The number of nitrogens with zero attached hydrogens (tertiary/aromatic N) is 1. The molecule has 0 amide bonds. The summed E-state index contributed by atoms with van der Waals surface area (Å²) in [5.41, 5.74) is 0. The molecule has 0 aliphatic rings. The zero-order valence-electron chi connectivity index (χ0n) is 7.50. The molecule has 0 saturated heterocycles. The molecule has 72 valence electrons.